The first kappa shape index (κ1) is 20.1. The molecule has 0 aliphatic rings. The molecule has 0 bridgehead atoms. The molecule has 29 heavy (non-hydrogen) atoms. The molecule has 0 fully saturated rings. The molecule has 0 spiro atoms. The molecule has 0 radical (unpaired) electrons. The van der Waals surface area contributed by atoms with Crippen LogP contribution in [0.1, 0.15) is 5.56 Å². The van der Waals surface area contributed by atoms with E-state index < -0.39 is 0 Å². The zero-order valence-corrected chi connectivity index (χ0v) is 16.7. The molecule has 3 aromatic rings. The number of nitrogens with one attached hydrogen (secondary N) is 2. The molecule has 3 aromatic carbocycles. The Morgan fingerprint density at radius 3 is 2.14 bits per heavy atom. The first-order valence-electron chi connectivity index (χ1n) is 9.16. The molecular formula is C23H24N2O4. The Kier molecular flexibility index (Phi) is 6.58. The summed E-state index contributed by atoms with van der Waals surface area (Å²) in [7, 11) is 3.23. The van der Waals surface area contributed by atoms with E-state index in [4.69, 9.17) is 14.2 Å². The summed E-state index contributed by atoms with van der Waals surface area (Å²) in [6.45, 7) is 1.95. The van der Waals surface area contributed by atoms with Gasteiger partial charge < -0.3 is 24.8 Å². The largest absolute Gasteiger partial charge is 0.497 e. The molecule has 1 amide bonds. The number of hydrogen-bond acceptors (Lipinski definition) is 5. The van der Waals surface area contributed by atoms with Crippen molar-refractivity contribution in [3.8, 4) is 17.2 Å². The number of benzene rings is 3. The maximum atomic E-state index is 12.1. The number of ether oxygens (including phenoxy) is 3. The second kappa shape index (κ2) is 9.50. The van der Waals surface area contributed by atoms with E-state index in [-0.39, 0.29) is 12.5 Å². The van der Waals surface area contributed by atoms with Gasteiger partial charge in [0.2, 0.25) is 0 Å². The predicted octanol–water partition coefficient (Wildman–Crippen LogP) is 4.77. The molecule has 6 heteroatoms. The monoisotopic (exact) mass is 392 g/mol. The van der Waals surface area contributed by atoms with Crippen LogP contribution in [0.5, 0.6) is 17.2 Å². The van der Waals surface area contributed by atoms with Gasteiger partial charge in [-0.25, -0.2) is 0 Å². The molecule has 6 nitrogen and oxygen atoms in total. The summed E-state index contributed by atoms with van der Waals surface area (Å²) < 4.78 is 16.1. The second-order valence-electron chi connectivity index (χ2n) is 6.42. The van der Waals surface area contributed by atoms with Crippen molar-refractivity contribution in [3.63, 3.8) is 0 Å². The van der Waals surface area contributed by atoms with Crippen molar-refractivity contribution in [3.05, 3.63) is 72.3 Å². The van der Waals surface area contributed by atoms with Crippen molar-refractivity contribution in [2.24, 2.45) is 0 Å². The molecular weight excluding hydrogens is 368 g/mol. The number of hydrogen-bond donors (Lipinski definition) is 2. The number of rotatable bonds is 8. The van der Waals surface area contributed by atoms with Crippen LogP contribution in [-0.2, 0) is 4.79 Å². The van der Waals surface area contributed by atoms with E-state index in [2.05, 4.69) is 10.6 Å². The summed E-state index contributed by atoms with van der Waals surface area (Å²) in [6.07, 6.45) is 0. The zero-order valence-electron chi connectivity index (χ0n) is 16.7. The van der Waals surface area contributed by atoms with Crippen LogP contribution in [-0.4, -0.2) is 26.7 Å². The van der Waals surface area contributed by atoms with E-state index in [1.807, 2.05) is 73.7 Å². The van der Waals surface area contributed by atoms with Crippen molar-refractivity contribution in [1.29, 1.82) is 0 Å². The van der Waals surface area contributed by atoms with Crippen LogP contribution in [0.4, 0.5) is 17.1 Å². The van der Waals surface area contributed by atoms with E-state index in [0.717, 1.165) is 22.7 Å². The lowest BCUT2D eigenvalue weighted by Crippen LogP contribution is -2.20. The Bertz CT molecular complexity index is 954. The molecule has 0 saturated heterocycles. The van der Waals surface area contributed by atoms with Crippen molar-refractivity contribution < 1.29 is 19.0 Å². The molecule has 0 aliphatic carbocycles. The Hall–Kier alpha value is -3.67. The minimum absolute atomic E-state index is 0.0515. The Morgan fingerprint density at radius 1 is 0.828 bits per heavy atom. The highest BCUT2D eigenvalue weighted by Gasteiger charge is 2.07. The number of carbonyl (C=O) groups is 1. The summed E-state index contributed by atoms with van der Waals surface area (Å²) in [4.78, 5) is 12.1. The van der Waals surface area contributed by atoms with Gasteiger partial charge in [0.25, 0.3) is 5.91 Å². The van der Waals surface area contributed by atoms with Gasteiger partial charge in [-0.2, -0.15) is 0 Å². The molecule has 0 unspecified atom stereocenters. The Balaban J connectivity index is 1.57. The van der Waals surface area contributed by atoms with Crippen LogP contribution in [0.15, 0.2) is 66.7 Å². The summed E-state index contributed by atoms with van der Waals surface area (Å²) in [5.74, 6) is 1.88. The standard InChI is InChI=1S/C23H24N2O4/c1-16-4-10-19(11-5-16)29-15-23(26)25-18-8-6-17(7-9-18)24-21-14-20(27-2)12-13-22(21)28-3/h4-14,24H,15H2,1-3H3,(H,25,26). The van der Waals surface area contributed by atoms with Gasteiger partial charge in [-0.05, 0) is 55.5 Å². The predicted molar refractivity (Wildman–Crippen MR) is 115 cm³/mol. The highest BCUT2D eigenvalue weighted by atomic mass is 16.5. The lowest BCUT2D eigenvalue weighted by atomic mass is 10.2. The molecule has 2 N–H and O–H groups in total. The quantitative estimate of drug-likeness (QED) is 0.578. The van der Waals surface area contributed by atoms with Crippen LogP contribution in [0.2, 0.25) is 0 Å². The van der Waals surface area contributed by atoms with Crippen LogP contribution in [0.25, 0.3) is 0 Å². The minimum atomic E-state index is -0.222. The number of aryl methyl sites for hydroxylation is 1. The van der Waals surface area contributed by atoms with E-state index in [0.29, 0.717) is 17.2 Å². The molecule has 0 aromatic heterocycles. The zero-order chi connectivity index (χ0) is 20.6. The second-order valence-corrected chi connectivity index (χ2v) is 6.42. The van der Waals surface area contributed by atoms with E-state index in [1.165, 1.54) is 0 Å². The third-order valence-electron chi connectivity index (χ3n) is 4.25. The van der Waals surface area contributed by atoms with Gasteiger partial charge in [0.05, 0.1) is 19.9 Å². The van der Waals surface area contributed by atoms with Crippen LogP contribution in [0.3, 0.4) is 0 Å². The number of anilines is 3. The summed E-state index contributed by atoms with van der Waals surface area (Å²) >= 11 is 0. The molecule has 150 valence electrons. The van der Waals surface area contributed by atoms with Crippen molar-refractivity contribution >= 4 is 23.0 Å². The van der Waals surface area contributed by atoms with Gasteiger partial charge >= 0.3 is 0 Å². The molecule has 0 aliphatic heterocycles. The van der Waals surface area contributed by atoms with E-state index in [1.54, 1.807) is 14.2 Å². The number of carbonyl (C=O) groups excluding carboxylic acids is 1. The topological polar surface area (TPSA) is 68.8 Å². The summed E-state index contributed by atoms with van der Waals surface area (Å²) in [6, 6.07) is 20.5. The van der Waals surface area contributed by atoms with E-state index in [9.17, 15) is 4.79 Å². The SMILES string of the molecule is COc1ccc(OC)c(Nc2ccc(NC(=O)COc3ccc(C)cc3)cc2)c1. The van der Waals surface area contributed by atoms with Gasteiger partial charge in [-0.3, -0.25) is 4.79 Å². The van der Waals surface area contributed by atoms with E-state index >= 15 is 0 Å². The first-order chi connectivity index (χ1) is 14.1. The van der Waals surface area contributed by atoms with Crippen molar-refractivity contribution in [1.82, 2.24) is 0 Å². The lowest BCUT2D eigenvalue weighted by Gasteiger charge is -2.13. The fourth-order valence-corrected chi connectivity index (χ4v) is 2.68. The van der Waals surface area contributed by atoms with Crippen molar-refractivity contribution in [2.45, 2.75) is 6.92 Å². The van der Waals surface area contributed by atoms with Crippen LogP contribution in [0, 0.1) is 6.92 Å². The number of methoxy groups -OCH3 is 2. The van der Waals surface area contributed by atoms with Crippen LogP contribution >= 0.6 is 0 Å². The summed E-state index contributed by atoms with van der Waals surface area (Å²) in [5.41, 5.74) is 3.47. The molecule has 0 heterocycles. The van der Waals surface area contributed by atoms with Gasteiger partial charge in [-0.1, -0.05) is 17.7 Å². The van der Waals surface area contributed by atoms with Gasteiger partial charge in [0, 0.05) is 17.4 Å². The third kappa shape index (κ3) is 5.65. The smallest absolute Gasteiger partial charge is 0.262 e. The molecule has 3 rings (SSSR count). The number of amides is 1. The molecule has 0 saturated carbocycles. The fraction of sp³-hybridized carbons (Fsp3) is 0.174. The minimum Gasteiger partial charge on any atom is -0.497 e. The van der Waals surface area contributed by atoms with Gasteiger partial charge in [-0.15, -0.1) is 0 Å². The van der Waals surface area contributed by atoms with Gasteiger partial charge in [0.1, 0.15) is 17.2 Å². The fourth-order valence-electron chi connectivity index (χ4n) is 2.68. The van der Waals surface area contributed by atoms with Gasteiger partial charge in [0.15, 0.2) is 6.61 Å². The Morgan fingerprint density at radius 2 is 1.48 bits per heavy atom. The maximum absolute atomic E-state index is 12.1. The Labute approximate surface area is 170 Å². The normalized spacial score (nSPS) is 10.2. The first-order valence-corrected chi connectivity index (χ1v) is 9.16. The third-order valence-corrected chi connectivity index (χ3v) is 4.25. The summed E-state index contributed by atoms with van der Waals surface area (Å²) in [5, 5.41) is 6.11. The maximum Gasteiger partial charge on any atom is 0.262 e. The average molecular weight is 392 g/mol. The lowest BCUT2D eigenvalue weighted by molar-refractivity contribution is -0.118. The van der Waals surface area contributed by atoms with Crippen LogP contribution < -0.4 is 24.8 Å². The van der Waals surface area contributed by atoms with Crippen molar-refractivity contribution in [2.75, 3.05) is 31.5 Å². The molecule has 0 atom stereocenters. The highest BCUT2D eigenvalue weighted by Crippen LogP contribution is 2.31. The average Bonchev–Trinajstić information content (AvgIpc) is 2.74. The highest BCUT2D eigenvalue weighted by molar-refractivity contribution is 5.92.